The molecule has 0 fully saturated rings. The topological polar surface area (TPSA) is 43.8 Å². The number of nitrogens with zero attached hydrogens (tertiary/aromatic N) is 2. The molecule has 0 saturated heterocycles. The van der Waals surface area contributed by atoms with Crippen LogP contribution in [0.15, 0.2) is 34.9 Å². The molecule has 4 heteroatoms. The highest BCUT2D eigenvalue weighted by atomic mass is 79.9. The van der Waals surface area contributed by atoms with Crippen molar-refractivity contribution in [3.8, 4) is 0 Å². The van der Waals surface area contributed by atoms with E-state index >= 15 is 0 Å². The highest BCUT2D eigenvalue weighted by Crippen LogP contribution is 2.25. The van der Waals surface area contributed by atoms with Crippen molar-refractivity contribution in [2.45, 2.75) is 45.7 Å². The van der Waals surface area contributed by atoms with E-state index in [1.165, 1.54) is 11.1 Å². The van der Waals surface area contributed by atoms with Crippen molar-refractivity contribution in [2.24, 2.45) is 5.73 Å². The van der Waals surface area contributed by atoms with Crippen LogP contribution < -0.4 is 5.73 Å². The molecule has 0 spiro atoms. The molecule has 1 unspecified atom stereocenters. The Labute approximate surface area is 129 Å². The standard InChI is InChI=1S/C16H22BrN3/c1-3-10-20-16(14(17)11-19-20)15(18)9-8-13-6-4-12(2)5-7-13/h4-7,11,15H,3,8-10,18H2,1-2H3. The lowest BCUT2D eigenvalue weighted by atomic mass is 10.0. The number of benzene rings is 1. The summed E-state index contributed by atoms with van der Waals surface area (Å²) in [5.74, 6) is 0. The third-order valence-corrected chi connectivity index (χ3v) is 4.10. The number of aryl methyl sites for hydroxylation is 3. The third kappa shape index (κ3) is 3.70. The van der Waals surface area contributed by atoms with Gasteiger partial charge in [-0.1, -0.05) is 36.8 Å². The number of hydrogen-bond donors (Lipinski definition) is 1. The fourth-order valence-corrected chi connectivity index (χ4v) is 2.93. The number of halogens is 1. The molecule has 2 aromatic rings. The van der Waals surface area contributed by atoms with Gasteiger partial charge in [0.05, 0.1) is 16.4 Å². The van der Waals surface area contributed by atoms with Crippen LogP contribution in [0.25, 0.3) is 0 Å². The van der Waals surface area contributed by atoms with Gasteiger partial charge in [-0.05, 0) is 47.7 Å². The molecular weight excluding hydrogens is 314 g/mol. The Morgan fingerprint density at radius 1 is 1.30 bits per heavy atom. The quantitative estimate of drug-likeness (QED) is 0.867. The highest BCUT2D eigenvalue weighted by molar-refractivity contribution is 9.10. The van der Waals surface area contributed by atoms with Crippen molar-refractivity contribution in [3.05, 3.63) is 51.8 Å². The minimum atomic E-state index is 0.0136. The Hall–Kier alpha value is -1.13. The van der Waals surface area contributed by atoms with Gasteiger partial charge in [-0.15, -0.1) is 0 Å². The van der Waals surface area contributed by atoms with Gasteiger partial charge in [0.2, 0.25) is 0 Å². The summed E-state index contributed by atoms with van der Waals surface area (Å²) >= 11 is 3.56. The van der Waals surface area contributed by atoms with E-state index in [9.17, 15) is 0 Å². The normalized spacial score (nSPS) is 12.6. The zero-order chi connectivity index (χ0) is 14.5. The molecule has 0 aliphatic carbocycles. The van der Waals surface area contributed by atoms with Crippen molar-refractivity contribution < 1.29 is 0 Å². The molecule has 1 aromatic heterocycles. The van der Waals surface area contributed by atoms with Crippen LogP contribution in [0.3, 0.4) is 0 Å². The number of rotatable bonds is 6. The van der Waals surface area contributed by atoms with Crippen molar-refractivity contribution in [1.82, 2.24) is 9.78 Å². The van der Waals surface area contributed by atoms with E-state index in [2.05, 4.69) is 59.1 Å². The van der Waals surface area contributed by atoms with E-state index in [4.69, 9.17) is 5.73 Å². The lowest BCUT2D eigenvalue weighted by Crippen LogP contribution is -2.17. The molecule has 2 rings (SSSR count). The van der Waals surface area contributed by atoms with E-state index in [1.54, 1.807) is 0 Å². The number of aromatic nitrogens is 2. The Morgan fingerprint density at radius 3 is 2.65 bits per heavy atom. The number of nitrogens with two attached hydrogens (primary N) is 1. The van der Waals surface area contributed by atoms with Crippen LogP contribution in [0.5, 0.6) is 0 Å². The smallest absolute Gasteiger partial charge is 0.0693 e. The van der Waals surface area contributed by atoms with Crippen molar-refractivity contribution in [1.29, 1.82) is 0 Å². The summed E-state index contributed by atoms with van der Waals surface area (Å²) in [4.78, 5) is 0. The van der Waals surface area contributed by atoms with Gasteiger partial charge in [-0.2, -0.15) is 5.10 Å². The second kappa shape index (κ2) is 7.04. The van der Waals surface area contributed by atoms with Gasteiger partial charge in [0, 0.05) is 12.6 Å². The SMILES string of the molecule is CCCn1ncc(Br)c1C(N)CCc1ccc(C)cc1. The number of hydrogen-bond acceptors (Lipinski definition) is 2. The maximum atomic E-state index is 6.36. The molecule has 0 amide bonds. The molecule has 1 heterocycles. The summed E-state index contributed by atoms with van der Waals surface area (Å²) < 4.78 is 3.03. The molecule has 1 atom stereocenters. The van der Waals surface area contributed by atoms with E-state index in [0.29, 0.717) is 0 Å². The molecule has 1 aromatic carbocycles. The van der Waals surface area contributed by atoms with Crippen LogP contribution in [0.2, 0.25) is 0 Å². The van der Waals surface area contributed by atoms with Gasteiger partial charge < -0.3 is 5.73 Å². The fraction of sp³-hybridized carbons (Fsp3) is 0.438. The molecule has 0 aliphatic rings. The maximum Gasteiger partial charge on any atom is 0.0693 e. The zero-order valence-corrected chi connectivity index (χ0v) is 13.7. The van der Waals surface area contributed by atoms with E-state index < -0.39 is 0 Å². The minimum Gasteiger partial charge on any atom is -0.323 e. The molecule has 3 nitrogen and oxygen atoms in total. The molecule has 0 aliphatic heterocycles. The summed E-state index contributed by atoms with van der Waals surface area (Å²) in [6, 6.07) is 8.68. The lowest BCUT2D eigenvalue weighted by Gasteiger charge is -2.15. The lowest BCUT2D eigenvalue weighted by molar-refractivity contribution is 0.521. The van der Waals surface area contributed by atoms with Gasteiger partial charge in [0.25, 0.3) is 0 Å². The van der Waals surface area contributed by atoms with Crippen LogP contribution in [-0.2, 0) is 13.0 Å². The van der Waals surface area contributed by atoms with E-state index in [1.807, 2.05) is 10.9 Å². The van der Waals surface area contributed by atoms with Gasteiger partial charge in [-0.25, -0.2) is 0 Å². The van der Waals surface area contributed by atoms with Gasteiger partial charge in [-0.3, -0.25) is 4.68 Å². The highest BCUT2D eigenvalue weighted by Gasteiger charge is 2.16. The van der Waals surface area contributed by atoms with Crippen molar-refractivity contribution in [3.63, 3.8) is 0 Å². The molecular formula is C16H22BrN3. The first-order chi connectivity index (χ1) is 9.61. The molecule has 0 bridgehead atoms. The van der Waals surface area contributed by atoms with Gasteiger partial charge >= 0.3 is 0 Å². The molecule has 108 valence electrons. The van der Waals surface area contributed by atoms with E-state index in [-0.39, 0.29) is 6.04 Å². The van der Waals surface area contributed by atoms with Gasteiger partial charge in [0.15, 0.2) is 0 Å². The largest absolute Gasteiger partial charge is 0.323 e. The second-order valence-electron chi connectivity index (χ2n) is 5.23. The van der Waals surface area contributed by atoms with Crippen LogP contribution in [0.1, 0.15) is 42.6 Å². The van der Waals surface area contributed by atoms with Crippen molar-refractivity contribution >= 4 is 15.9 Å². The first kappa shape index (κ1) is 15.3. The molecule has 0 radical (unpaired) electrons. The minimum absolute atomic E-state index is 0.0136. The summed E-state index contributed by atoms with van der Waals surface area (Å²) in [7, 11) is 0. The summed E-state index contributed by atoms with van der Waals surface area (Å²) in [5.41, 5.74) is 10.1. The average molecular weight is 336 g/mol. The maximum absolute atomic E-state index is 6.36. The summed E-state index contributed by atoms with van der Waals surface area (Å²) in [6.07, 6.45) is 4.82. The Bertz CT molecular complexity index is 545. The first-order valence-electron chi connectivity index (χ1n) is 7.14. The van der Waals surface area contributed by atoms with Gasteiger partial charge in [0.1, 0.15) is 0 Å². The third-order valence-electron chi connectivity index (χ3n) is 3.48. The second-order valence-corrected chi connectivity index (χ2v) is 6.09. The molecule has 20 heavy (non-hydrogen) atoms. The zero-order valence-electron chi connectivity index (χ0n) is 12.1. The summed E-state index contributed by atoms with van der Waals surface area (Å²) in [5, 5.41) is 4.38. The Balaban J connectivity index is 2.02. The van der Waals surface area contributed by atoms with Crippen LogP contribution in [0.4, 0.5) is 0 Å². The predicted octanol–water partition coefficient (Wildman–Crippen LogP) is 4.00. The molecule has 0 saturated carbocycles. The van der Waals surface area contributed by atoms with Crippen molar-refractivity contribution in [2.75, 3.05) is 0 Å². The molecule has 2 N–H and O–H groups in total. The fourth-order valence-electron chi connectivity index (χ4n) is 2.34. The van der Waals surface area contributed by atoms with Crippen LogP contribution in [-0.4, -0.2) is 9.78 Å². The average Bonchev–Trinajstić information content (AvgIpc) is 2.79. The Morgan fingerprint density at radius 2 is 2.00 bits per heavy atom. The Kier molecular flexibility index (Phi) is 5.38. The summed E-state index contributed by atoms with van der Waals surface area (Å²) in [6.45, 7) is 5.17. The first-order valence-corrected chi connectivity index (χ1v) is 7.93. The van der Waals surface area contributed by atoms with Crippen LogP contribution >= 0.6 is 15.9 Å². The predicted molar refractivity (Wildman–Crippen MR) is 86.6 cm³/mol. The van der Waals surface area contributed by atoms with Crippen LogP contribution in [0, 0.1) is 6.92 Å². The monoisotopic (exact) mass is 335 g/mol. The van der Waals surface area contributed by atoms with E-state index in [0.717, 1.165) is 36.0 Å².